The van der Waals surface area contributed by atoms with E-state index in [4.69, 9.17) is 4.98 Å². The predicted molar refractivity (Wildman–Crippen MR) is 135 cm³/mol. The highest BCUT2D eigenvalue weighted by Crippen LogP contribution is 2.37. The molecule has 0 bridgehead atoms. The molecule has 3 atom stereocenters. The monoisotopic (exact) mass is 461 g/mol. The second-order valence-corrected chi connectivity index (χ2v) is 9.28. The van der Waals surface area contributed by atoms with Crippen LogP contribution in [0.4, 0.5) is 0 Å². The molecule has 7 heteroatoms. The van der Waals surface area contributed by atoms with Crippen molar-refractivity contribution in [3.05, 3.63) is 87.8 Å². The number of pyridine rings is 2. The molecule has 0 spiro atoms. The number of dihydropyridines is 1. The van der Waals surface area contributed by atoms with Crippen molar-refractivity contribution in [1.29, 1.82) is 0 Å². The number of hydrogen-bond acceptors (Lipinski definition) is 5. The van der Waals surface area contributed by atoms with Gasteiger partial charge in [0.15, 0.2) is 0 Å². The number of allylic oxidation sites excluding steroid dienone is 2. The van der Waals surface area contributed by atoms with Crippen LogP contribution in [-0.2, 0) is 0 Å². The maximum absolute atomic E-state index is 12.3. The molecule has 4 rings (SSSR count). The Kier molecular flexibility index (Phi) is 7.95. The summed E-state index contributed by atoms with van der Waals surface area (Å²) in [5, 5.41) is 6.57. The lowest BCUT2D eigenvalue weighted by Gasteiger charge is -2.46. The average Bonchev–Trinajstić information content (AvgIpc) is 2.85. The minimum atomic E-state index is -0.210. The first-order valence-corrected chi connectivity index (χ1v) is 12.3. The number of aromatic nitrogens is 2. The molecule has 180 valence electrons. The van der Waals surface area contributed by atoms with Crippen LogP contribution in [0.1, 0.15) is 66.7 Å². The topological polar surface area (TPSA) is 90.1 Å². The van der Waals surface area contributed by atoms with E-state index in [1.54, 1.807) is 6.07 Å². The third kappa shape index (κ3) is 5.65. The summed E-state index contributed by atoms with van der Waals surface area (Å²) in [6, 6.07) is 8.09. The molecule has 7 nitrogen and oxygen atoms in total. The molecule has 1 fully saturated rings. The molecule has 0 aromatic carbocycles. The summed E-state index contributed by atoms with van der Waals surface area (Å²) in [4.78, 5) is 33.5. The Hall–Kier alpha value is -3.19. The second kappa shape index (κ2) is 11.3. The first-order chi connectivity index (χ1) is 16.5. The normalized spacial score (nSPS) is 22.6. The van der Waals surface area contributed by atoms with Gasteiger partial charge in [-0.25, -0.2) is 0 Å². The molecule has 1 saturated heterocycles. The fourth-order valence-corrected chi connectivity index (χ4v) is 5.19. The van der Waals surface area contributed by atoms with E-state index in [0.717, 1.165) is 32.2 Å². The number of aromatic amines is 1. The van der Waals surface area contributed by atoms with Crippen molar-refractivity contribution in [2.75, 3.05) is 13.1 Å². The van der Waals surface area contributed by atoms with Gasteiger partial charge < -0.3 is 15.6 Å². The Morgan fingerprint density at radius 1 is 1.21 bits per heavy atom. The third-order valence-electron chi connectivity index (χ3n) is 6.95. The highest BCUT2D eigenvalue weighted by atomic mass is 16.1. The first kappa shape index (κ1) is 24.0. The van der Waals surface area contributed by atoms with Crippen LogP contribution in [0.2, 0.25) is 0 Å². The Labute approximate surface area is 201 Å². The Bertz CT molecular complexity index is 1090. The Balaban J connectivity index is 1.41. The van der Waals surface area contributed by atoms with E-state index in [0.29, 0.717) is 30.2 Å². The number of nitrogens with one attached hydrogen (secondary N) is 3. The van der Waals surface area contributed by atoms with Crippen LogP contribution in [0, 0.1) is 6.92 Å². The molecular weight excluding hydrogens is 426 g/mol. The number of nitrogens with zero attached hydrogens (tertiary/aromatic N) is 2. The van der Waals surface area contributed by atoms with E-state index in [1.165, 1.54) is 35.5 Å². The SMILES string of the molecule is CC1=CC=CNC1[C@H]1CCC[C@@H](c2ncccc2C)N1CCCCNC(=O)c1ccc(=O)[nH]c1. The maximum Gasteiger partial charge on any atom is 0.252 e. The molecule has 0 aliphatic carbocycles. The lowest BCUT2D eigenvalue weighted by atomic mass is 9.85. The zero-order valence-corrected chi connectivity index (χ0v) is 20.1. The van der Waals surface area contributed by atoms with Gasteiger partial charge in [-0.15, -0.1) is 0 Å². The molecule has 4 heterocycles. The summed E-state index contributed by atoms with van der Waals surface area (Å²) < 4.78 is 0. The molecule has 3 N–H and O–H groups in total. The van der Waals surface area contributed by atoms with Crippen LogP contribution in [0.5, 0.6) is 0 Å². The molecule has 0 radical (unpaired) electrons. The van der Waals surface area contributed by atoms with E-state index in [-0.39, 0.29) is 11.5 Å². The van der Waals surface area contributed by atoms with Crippen molar-refractivity contribution in [2.45, 2.75) is 64.1 Å². The highest BCUT2D eigenvalue weighted by Gasteiger charge is 2.37. The van der Waals surface area contributed by atoms with Crippen molar-refractivity contribution >= 4 is 5.91 Å². The molecule has 34 heavy (non-hydrogen) atoms. The quantitative estimate of drug-likeness (QED) is 0.523. The minimum Gasteiger partial charge on any atom is -0.383 e. The van der Waals surface area contributed by atoms with Crippen molar-refractivity contribution in [1.82, 2.24) is 25.5 Å². The van der Waals surface area contributed by atoms with Crippen molar-refractivity contribution in [3.63, 3.8) is 0 Å². The number of unbranched alkanes of at least 4 members (excludes halogenated alkanes) is 1. The van der Waals surface area contributed by atoms with E-state index < -0.39 is 0 Å². The molecule has 2 aromatic heterocycles. The van der Waals surface area contributed by atoms with Crippen LogP contribution in [0.25, 0.3) is 0 Å². The molecule has 2 aromatic rings. The van der Waals surface area contributed by atoms with Crippen molar-refractivity contribution in [2.24, 2.45) is 0 Å². The summed E-state index contributed by atoms with van der Waals surface area (Å²) in [7, 11) is 0. The van der Waals surface area contributed by atoms with E-state index >= 15 is 0 Å². The number of likely N-dealkylation sites (tertiary alicyclic amines) is 1. The Morgan fingerprint density at radius 3 is 2.85 bits per heavy atom. The number of carbonyl (C=O) groups is 1. The van der Waals surface area contributed by atoms with Gasteiger partial charge in [0.25, 0.3) is 5.91 Å². The van der Waals surface area contributed by atoms with E-state index in [9.17, 15) is 9.59 Å². The number of piperidine rings is 1. The number of rotatable bonds is 8. The average molecular weight is 462 g/mol. The van der Waals surface area contributed by atoms with E-state index in [2.05, 4.69) is 58.8 Å². The number of H-pyrrole nitrogens is 1. The van der Waals surface area contributed by atoms with Crippen LogP contribution < -0.4 is 16.2 Å². The number of hydrogen-bond donors (Lipinski definition) is 3. The third-order valence-corrected chi connectivity index (χ3v) is 6.95. The van der Waals surface area contributed by atoms with E-state index in [1.807, 2.05) is 12.3 Å². The largest absolute Gasteiger partial charge is 0.383 e. The summed E-state index contributed by atoms with van der Waals surface area (Å²) in [6.07, 6.45) is 15.0. The lowest BCUT2D eigenvalue weighted by Crippen LogP contribution is -2.53. The van der Waals surface area contributed by atoms with Gasteiger partial charge in [-0.2, -0.15) is 0 Å². The molecular formula is C27H35N5O2. The van der Waals surface area contributed by atoms with Gasteiger partial charge in [-0.3, -0.25) is 19.5 Å². The van der Waals surface area contributed by atoms with Crippen LogP contribution in [0.3, 0.4) is 0 Å². The summed E-state index contributed by atoms with van der Waals surface area (Å²) in [5.74, 6) is -0.159. The van der Waals surface area contributed by atoms with Gasteiger partial charge in [0.05, 0.1) is 23.3 Å². The zero-order valence-electron chi connectivity index (χ0n) is 20.1. The highest BCUT2D eigenvalue weighted by molar-refractivity contribution is 5.93. The van der Waals surface area contributed by atoms with Gasteiger partial charge in [0, 0.05) is 31.0 Å². The number of aryl methyl sites for hydroxylation is 1. The fourth-order valence-electron chi connectivity index (χ4n) is 5.19. The standard InChI is InChI=1S/C27H35N5O2/c1-19-8-6-15-28-25(19)22-10-5-11-23(26-20(2)9-7-16-29-26)32(22)17-4-3-14-30-27(34)21-12-13-24(33)31-18-21/h6-9,12-13,15-16,18,22-23,25,28H,3-5,10-11,14,17H2,1-2H3,(H,30,34)(H,31,33)/t22-,23+,25?/m1/s1. The molecule has 2 aliphatic heterocycles. The van der Waals surface area contributed by atoms with Gasteiger partial charge in [0.1, 0.15) is 0 Å². The smallest absolute Gasteiger partial charge is 0.252 e. The summed E-state index contributed by atoms with van der Waals surface area (Å²) >= 11 is 0. The van der Waals surface area contributed by atoms with Crippen LogP contribution in [0.15, 0.2) is 65.4 Å². The number of carbonyl (C=O) groups excluding carboxylic acids is 1. The zero-order chi connectivity index (χ0) is 23.9. The van der Waals surface area contributed by atoms with Gasteiger partial charge >= 0.3 is 0 Å². The lowest BCUT2D eigenvalue weighted by molar-refractivity contribution is 0.0632. The summed E-state index contributed by atoms with van der Waals surface area (Å²) in [6.45, 7) is 5.92. The van der Waals surface area contributed by atoms with Crippen molar-refractivity contribution in [3.8, 4) is 0 Å². The van der Waals surface area contributed by atoms with Gasteiger partial charge in [-0.05, 0) is 88.0 Å². The van der Waals surface area contributed by atoms with Gasteiger partial charge in [0.2, 0.25) is 5.56 Å². The first-order valence-electron chi connectivity index (χ1n) is 12.3. The van der Waals surface area contributed by atoms with Crippen LogP contribution >= 0.6 is 0 Å². The molecule has 0 saturated carbocycles. The summed E-state index contributed by atoms with van der Waals surface area (Å²) in [5.41, 5.74) is 4.06. The minimum absolute atomic E-state index is 0.159. The maximum atomic E-state index is 12.3. The fraction of sp³-hybridized carbons (Fsp3) is 0.444. The molecule has 1 amide bonds. The number of amides is 1. The van der Waals surface area contributed by atoms with Crippen LogP contribution in [-0.4, -0.2) is 45.9 Å². The Morgan fingerprint density at radius 2 is 2.09 bits per heavy atom. The van der Waals surface area contributed by atoms with Crippen molar-refractivity contribution < 1.29 is 4.79 Å². The van der Waals surface area contributed by atoms with Gasteiger partial charge in [-0.1, -0.05) is 12.1 Å². The predicted octanol–water partition coefficient (Wildman–Crippen LogP) is 3.62. The molecule has 1 unspecified atom stereocenters. The second-order valence-electron chi connectivity index (χ2n) is 9.28. The molecule has 2 aliphatic rings.